The largest absolute Gasteiger partial charge is 0.368 e. The molecule has 0 spiro atoms. The van der Waals surface area contributed by atoms with Gasteiger partial charge in [0.05, 0.1) is 0 Å². The van der Waals surface area contributed by atoms with Crippen molar-refractivity contribution in [1.82, 2.24) is 4.90 Å². The molecule has 3 aromatic rings. The summed E-state index contributed by atoms with van der Waals surface area (Å²) in [4.78, 5) is 14.6. The number of benzene rings is 3. The highest BCUT2D eigenvalue weighted by atomic mass is 16.1. The Hall–Kier alpha value is -2.91. The van der Waals surface area contributed by atoms with Crippen molar-refractivity contribution in [2.24, 2.45) is 5.73 Å². The first-order chi connectivity index (χ1) is 13.2. The molecule has 0 bridgehead atoms. The highest BCUT2D eigenvalue weighted by molar-refractivity contribution is 5.82. The van der Waals surface area contributed by atoms with Gasteiger partial charge in [-0.1, -0.05) is 84.9 Å². The van der Waals surface area contributed by atoms with Gasteiger partial charge in [-0.15, -0.1) is 0 Å². The van der Waals surface area contributed by atoms with E-state index in [1.54, 1.807) is 0 Å². The maximum absolute atomic E-state index is 12.4. The number of hydrogen-bond donors (Lipinski definition) is 1. The maximum Gasteiger partial charge on any atom is 0.239 e. The number of primary amides is 1. The topological polar surface area (TPSA) is 46.3 Å². The summed E-state index contributed by atoms with van der Waals surface area (Å²) in [5.41, 5.74) is 10.6. The monoisotopic (exact) mass is 356 g/mol. The van der Waals surface area contributed by atoms with Crippen LogP contribution < -0.4 is 5.73 Å². The standard InChI is InChI=1S/C24H24N2O/c25-24(27)23-21-14-8-7-13-20(21)15-16-26(23)17-22(18-9-3-1-4-10-18)19-11-5-2-6-12-19/h1-14,22-23H,15-17H2,(H2,25,27). The zero-order valence-corrected chi connectivity index (χ0v) is 15.3. The Morgan fingerprint density at radius 3 is 2.04 bits per heavy atom. The number of hydrogen-bond acceptors (Lipinski definition) is 2. The second kappa shape index (κ2) is 7.77. The molecular weight excluding hydrogens is 332 g/mol. The van der Waals surface area contributed by atoms with E-state index < -0.39 is 0 Å². The second-order valence-electron chi connectivity index (χ2n) is 7.12. The van der Waals surface area contributed by atoms with Gasteiger partial charge in [-0.05, 0) is 28.7 Å². The van der Waals surface area contributed by atoms with Crippen LogP contribution in [0.5, 0.6) is 0 Å². The van der Waals surface area contributed by atoms with E-state index in [0.717, 1.165) is 25.1 Å². The Kier molecular flexibility index (Phi) is 5.03. The first-order valence-corrected chi connectivity index (χ1v) is 9.45. The molecule has 1 atom stereocenters. The van der Waals surface area contributed by atoms with E-state index in [9.17, 15) is 4.79 Å². The number of fused-ring (bicyclic) bond motifs is 1. The fourth-order valence-corrected chi connectivity index (χ4v) is 4.16. The minimum Gasteiger partial charge on any atom is -0.368 e. The van der Waals surface area contributed by atoms with Gasteiger partial charge >= 0.3 is 0 Å². The Bertz CT molecular complexity index is 868. The summed E-state index contributed by atoms with van der Waals surface area (Å²) in [6.07, 6.45) is 0.941. The van der Waals surface area contributed by atoms with Gasteiger partial charge in [0.2, 0.25) is 5.91 Å². The van der Waals surface area contributed by atoms with Crippen LogP contribution in [0.15, 0.2) is 84.9 Å². The van der Waals surface area contributed by atoms with E-state index >= 15 is 0 Å². The molecule has 1 heterocycles. The summed E-state index contributed by atoms with van der Waals surface area (Å²) >= 11 is 0. The molecule has 0 radical (unpaired) electrons. The Morgan fingerprint density at radius 2 is 1.44 bits per heavy atom. The fourth-order valence-electron chi connectivity index (χ4n) is 4.16. The van der Waals surface area contributed by atoms with Crippen molar-refractivity contribution >= 4 is 5.91 Å². The molecule has 3 heteroatoms. The van der Waals surface area contributed by atoms with E-state index in [1.807, 2.05) is 30.3 Å². The minimum absolute atomic E-state index is 0.194. The SMILES string of the molecule is NC(=O)C1c2ccccc2CCN1CC(c1ccccc1)c1ccccc1. The van der Waals surface area contributed by atoms with Crippen molar-refractivity contribution in [2.75, 3.05) is 13.1 Å². The summed E-state index contributed by atoms with van der Waals surface area (Å²) in [5.74, 6) is -0.0819. The van der Waals surface area contributed by atoms with Crippen LogP contribution in [0.4, 0.5) is 0 Å². The van der Waals surface area contributed by atoms with Gasteiger partial charge in [0, 0.05) is 19.0 Å². The van der Waals surface area contributed by atoms with Crippen LogP contribution in [-0.4, -0.2) is 23.9 Å². The third-order valence-electron chi connectivity index (χ3n) is 5.47. The zero-order valence-electron chi connectivity index (χ0n) is 15.3. The predicted molar refractivity (Wildman–Crippen MR) is 108 cm³/mol. The summed E-state index contributed by atoms with van der Waals surface area (Å²) < 4.78 is 0. The molecule has 136 valence electrons. The van der Waals surface area contributed by atoms with Gasteiger partial charge < -0.3 is 5.73 Å². The van der Waals surface area contributed by atoms with Crippen LogP contribution in [0.3, 0.4) is 0 Å². The summed E-state index contributed by atoms with van der Waals surface area (Å²) in [7, 11) is 0. The molecule has 2 N–H and O–H groups in total. The van der Waals surface area contributed by atoms with Crippen molar-refractivity contribution in [3.05, 3.63) is 107 Å². The molecule has 1 aliphatic heterocycles. The third-order valence-corrected chi connectivity index (χ3v) is 5.47. The number of rotatable bonds is 5. The number of nitrogens with two attached hydrogens (primary N) is 1. The lowest BCUT2D eigenvalue weighted by atomic mass is 9.87. The lowest BCUT2D eigenvalue weighted by molar-refractivity contribution is -0.123. The van der Waals surface area contributed by atoms with E-state index in [0.29, 0.717) is 0 Å². The van der Waals surface area contributed by atoms with Gasteiger partial charge in [-0.2, -0.15) is 0 Å². The van der Waals surface area contributed by atoms with Gasteiger partial charge in [-0.3, -0.25) is 9.69 Å². The molecule has 0 saturated carbocycles. The lowest BCUT2D eigenvalue weighted by Gasteiger charge is -2.37. The second-order valence-corrected chi connectivity index (χ2v) is 7.12. The number of nitrogens with zero attached hydrogens (tertiary/aromatic N) is 1. The van der Waals surface area contributed by atoms with Gasteiger partial charge in [0.25, 0.3) is 0 Å². The normalized spacial score (nSPS) is 16.9. The van der Waals surface area contributed by atoms with Crippen LogP contribution in [0.25, 0.3) is 0 Å². The van der Waals surface area contributed by atoms with E-state index in [1.165, 1.54) is 16.7 Å². The molecule has 3 nitrogen and oxygen atoms in total. The van der Waals surface area contributed by atoms with E-state index in [-0.39, 0.29) is 17.9 Å². The third kappa shape index (κ3) is 3.64. The highest BCUT2D eigenvalue weighted by Crippen LogP contribution is 2.33. The first kappa shape index (κ1) is 17.5. The van der Waals surface area contributed by atoms with Crippen molar-refractivity contribution in [2.45, 2.75) is 18.4 Å². The Labute approximate surface area is 160 Å². The molecule has 1 unspecified atom stereocenters. The van der Waals surface area contributed by atoms with Gasteiger partial charge in [0.1, 0.15) is 6.04 Å². The lowest BCUT2D eigenvalue weighted by Crippen LogP contribution is -2.44. The molecule has 0 fully saturated rings. The molecule has 1 aliphatic rings. The number of carbonyl (C=O) groups excluding carboxylic acids is 1. The van der Waals surface area contributed by atoms with Crippen LogP contribution in [-0.2, 0) is 11.2 Å². The van der Waals surface area contributed by atoms with E-state index in [2.05, 4.69) is 59.5 Å². The smallest absolute Gasteiger partial charge is 0.239 e. The molecule has 1 amide bonds. The summed E-state index contributed by atoms with van der Waals surface area (Å²) in [5, 5.41) is 0. The highest BCUT2D eigenvalue weighted by Gasteiger charge is 2.33. The predicted octanol–water partition coefficient (Wildman–Crippen LogP) is 3.90. The van der Waals surface area contributed by atoms with Crippen molar-refractivity contribution < 1.29 is 4.79 Å². The number of carbonyl (C=O) groups is 1. The maximum atomic E-state index is 12.4. The quantitative estimate of drug-likeness (QED) is 0.753. The molecular formula is C24H24N2O. The minimum atomic E-state index is -0.370. The molecule has 4 rings (SSSR count). The Morgan fingerprint density at radius 1 is 0.889 bits per heavy atom. The average Bonchev–Trinajstić information content (AvgIpc) is 2.72. The fraction of sp³-hybridized carbons (Fsp3) is 0.208. The van der Waals surface area contributed by atoms with Crippen LogP contribution >= 0.6 is 0 Å². The molecule has 0 saturated heterocycles. The van der Waals surface area contributed by atoms with Crippen molar-refractivity contribution in [3.8, 4) is 0 Å². The van der Waals surface area contributed by atoms with Gasteiger partial charge in [-0.25, -0.2) is 0 Å². The summed E-state index contributed by atoms with van der Waals surface area (Å²) in [6.45, 7) is 1.59. The number of amides is 1. The molecule has 3 aromatic carbocycles. The van der Waals surface area contributed by atoms with Crippen molar-refractivity contribution in [1.29, 1.82) is 0 Å². The summed E-state index contributed by atoms with van der Waals surface area (Å²) in [6, 6.07) is 28.8. The molecule has 27 heavy (non-hydrogen) atoms. The average molecular weight is 356 g/mol. The Balaban J connectivity index is 1.70. The van der Waals surface area contributed by atoms with Crippen molar-refractivity contribution in [3.63, 3.8) is 0 Å². The molecule has 0 aromatic heterocycles. The van der Waals surface area contributed by atoms with Crippen LogP contribution in [0.2, 0.25) is 0 Å². The first-order valence-electron chi connectivity index (χ1n) is 9.45. The van der Waals surface area contributed by atoms with E-state index in [4.69, 9.17) is 5.73 Å². The zero-order chi connectivity index (χ0) is 18.6. The van der Waals surface area contributed by atoms with Crippen LogP contribution in [0.1, 0.15) is 34.2 Å². The van der Waals surface area contributed by atoms with Gasteiger partial charge in [0.15, 0.2) is 0 Å². The van der Waals surface area contributed by atoms with Crippen LogP contribution in [0, 0.1) is 0 Å². The molecule has 0 aliphatic carbocycles.